The van der Waals surface area contributed by atoms with Gasteiger partial charge < -0.3 is 10.1 Å². The number of methoxy groups -OCH3 is 1. The van der Waals surface area contributed by atoms with Crippen LogP contribution >= 0.6 is 0 Å². The molecule has 0 spiro atoms. The van der Waals surface area contributed by atoms with Crippen LogP contribution in [0.4, 0.5) is 0 Å². The first-order valence-corrected chi connectivity index (χ1v) is 5.59. The second kappa shape index (κ2) is 11.6. The molecule has 0 saturated heterocycles. The number of hydrogen-bond donors (Lipinski definition) is 1. The molecule has 1 aromatic rings. The number of rotatable bonds is 0. The Balaban J connectivity index is 0. The first kappa shape index (κ1) is 18.5. The van der Waals surface area contributed by atoms with E-state index in [-0.39, 0.29) is 11.9 Å². The number of esters is 1. The zero-order valence-corrected chi connectivity index (χ0v) is 12.0. The molecular weight excluding hydrogens is 230 g/mol. The van der Waals surface area contributed by atoms with Crippen LogP contribution in [0.3, 0.4) is 0 Å². The Hall–Kier alpha value is -1.84. The van der Waals surface area contributed by atoms with Gasteiger partial charge in [0.15, 0.2) is 0 Å². The van der Waals surface area contributed by atoms with Gasteiger partial charge in [-0.25, -0.2) is 0 Å². The van der Waals surface area contributed by atoms with E-state index in [0.29, 0.717) is 0 Å². The second-order valence-corrected chi connectivity index (χ2v) is 3.66. The average molecular weight is 253 g/mol. The van der Waals surface area contributed by atoms with E-state index in [0.717, 1.165) is 0 Å². The van der Waals surface area contributed by atoms with Gasteiger partial charge in [0.05, 0.1) is 7.11 Å². The molecule has 0 radical (unpaired) electrons. The molecule has 0 heterocycles. The predicted octanol–water partition coefficient (Wildman–Crippen LogP) is 2.24. The van der Waals surface area contributed by atoms with E-state index in [2.05, 4.69) is 48.2 Å². The molecule has 18 heavy (non-hydrogen) atoms. The molecule has 0 unspecified atom stereocenters. The van der Waals surface area contributed by atoms with Crippen molar-refractivity contribution in [3.05, 3.63) is 35.4 Å². The summed E-state index contributed by atoms with van der Waals surface area (Å²) in [6.45, 7) is 7.03. The fourth-order valence-electron chi connectivity index (χ4n) is 0.637. The fraction of sp³-hybridized carbons (Fsp3) is 0.429. The third-order valence-electron chi connectivity index (χ3n) is 1.86. The highest BCUT2D eigenvalue weighted by molar-refractivity contribution is 5.72. The molecule has 0 bridgehead atoms. The quantitative estimate of drug-likeness (QED) is 0.721. The van der Waals surface area contributed by atoms with Crippen LogP contribution in [0.5, 0.6) is 0 Å². The van der Waals surface area contributed by atoms with Crippen molar-refractivity contribution in [2.24, 2.45) is 0 Å². The van der Waals surface area contributed by atoms with E-state index in [4.69, 9.17) is 0 Å². The van der Waals surface area contributed by atoms with E-state index < -0.39 is 0 Å². The van der Waals surface area contributed by atoms with Crippen molar-refractivity contribution < 1.29 is 14.3 Å². The number of benzene rings is 1. The predicted molar refractivity (Wildman–Crippen MR) is 73.3 cm³/mol. The first-order valence-electron chi connectivity index (χ1n) is 5.59. The van der Waals surface area contributed by atoms with Crippen LogP contribution < -0.4 is 5.32 Å². The van der Waals surface area contributed by atoms with Gasteiger partial charge in [-0.3, -0.25) is 9.59 Å². The maximum Gasteiger partial charge on any atom is 0.302 e. The maximum absolute atomic E-state index is 9.70. The number of hydrogen-bond acceptors (Lipinski definition) is 3. The normalized spacial score (nSPS) is 7.89. The van der Waals surface area contributed by atoms with Crippen molar-refractivity contribution in [1.82, 2.24) is 5.32 Å². The Bertz CT molecular complexity index is 310. The largest absolute Gasteiger partial charge is 0.469 e. The summed E-state index contributed by atoms with van der Waals surface area (Å²) in [4.78, 5) is 19.3. The number of nitrogens with one attached hydrogen (secondary N) is 1. The highest BCUT2D eigenvalue weighted by atomic mass is 16.5. The number of carbonyl (C=O) groups is 2. The molecule has 1 aromatic carbocycles. The highest BCUT2D eigenvalue weighted by Gasteiger charge is 1.79. The van der Waals surface area contributed by atoms with Crippen LogP contribution in [0.15, 0.2) is 24.3 Å². The molecule has 4 heteroatoms. The lowest BCUT2D eigenvalue weighted by molar-refractivity contribution is -0.137. The molecular formula is C14H23NO3. The molecule has 1 N–H and O–H groups in total. The summed E-state index contributed by atoms with van der Waals surface area (Å²) in [6, 6.07) is 8.48. The van der Waals surface area contributed by atoms with E-state index >= 15 is 0 Å². The van der Waals surface area contributed by atoms with Gasteiger partial charge in [-0.1, -0.05) is 35.4 Å². The molecule has 102 valence electrons. The summed E-state index contributed by atoms with van der Waals surface area (Å²) < 4.78 is 4.11. The van der Waals surface area contributed by atoms with Crippen molar-refractivity contribution in [2.45, 2.75) is 27.7 Å². The van der Waals surface area contributed by atoms with Gasteiger partial charge in [0.25, 0.3) is 0 Å². The highest BCUT2D eigenvalue weighted by Crippen LogP contribution is 1.99. The van der Waals surface area contributed by atoms with Crippen LogP contribution in [0.1, 0.15) is 25.0 Å². The summed E-state index contributed by atoms with van der Waals surface area (Å²) in [6.07, 6.45) is 0. The standard InChI is InChI=1S/C8H10.C3H7NO.C3H6O2/c1-7-3-5-8(2)6-4-7;1-3(5)4-2;1-3(4)5-2/h3-6H,1-2H3;1-2H3,(H,4,5);1-2H3. The lowest BCUT2D eigenvalue weighted by atomic mass is 10.2. The molecule has 0 aliphatic carbocycles. The van der Waals surface area contributed by atoms with Gasteiger partial charge in [0.2, 0.25) is 5.91 Å². The van der Waals surface area contributed by atoms with Crippen molar-refractivity contribution in [2.75, 3.05) is 14.2 Å². The van der Waals surface area contributed by atoms with Gasteiger partial charge in [0, 0.05) is 20.9 Å². The molecule has 1 rings (SSSR count). The zero-order chi connectivity index (χ0) is 14.6. The van der Waals surface area contributed by atoms with Gasteiger partial charge >= 0.3 is 5.97 Å². The zero-order valence-electron chi connectivity index (χ0n) is 12.0. The van der Waals surface area contributed by atoms with E-state index in [1.165, 1.54) is 32.1 Å². The fourth-order valence-corrected chi connectivity index (χ4v) is 0.637. The Labute approximate surface area is 109 Å². The minimum absolute atomic E-state index is 0.00463. The van der Waals surface area contributed by atoms with Gasteiger partial charge in [0.1, 0.15) is 0 Å². The van der Waals surface area contributed by atoms with Crippen molar-refractivity contribution >= 4 is 11.9 Å². The van der Waals surface area contributed by atoms with E-state index in [1.807, 2.05) is 0 Å². The minimum atomic E-state index is -0.245. The van der Waals surface area contributed by atoms with Crippen LogP contribution in [0.25, 0.3) is 0 Å². The summed E-state index contributed by atoms with van der Waals surface area (Å²) in [5.74, 6) is -0.241. The van der Waals surface area contributed by atoms with Crippen LogP contribution in [-0.4, -0.2) is 26.0 Å². The van der Waals surface area contributed by atoms with Crippen LogP contribution in [-0.2, 0) is 14.3 Å². The molecule has 0 aromatic heterocycles. The van der Waals surface area contributed by atoms with E-state index in [9.17, 15) is 9.59 Å². The topological polar surface area (TPSA) is 55.4 Å². The Morgan fingerprint density at radius 2 is 1.22 bits per heavy atom. The molecule has 0 fully saturated rings. The molecule has 0 saturated carbocycles. The smallest absolute Gasteiger partial charge is 0.302 e. The lowest BCUT2D eigenvalue weighted by Crippen LogP contribution is -2.11. The molecule has 0 aliphatic heterocycles. The number of carbonyl (C=O) groups excluding carboxylic acids is 2. The van der Waals surface area contributed by atoms with Crippen molar-refractivity contribution in [1.29, 1.82) is 0 Å². The molecule has 0 aliphatic rings. The average Bonchev–Trinajstić information content (AvgIpc) is 2.34. The van der Waals surface area contributed by atoms with Crippen molar-refractivity contribution in [3.8, 4) is 0 Å². The van der Waals surface area contributed by atoms with Gasteiger partial charge in [-0.15, -0.1) is 0 Å². The van der Waals surface area contributed by atoms with Crippen molar-refractivity contribution in [3.63, 3.8) is 0 Å². The summed E-state index contributed by atoms with van der Waals surface area (Å²) in [5, 5.41) is 2.39. The number of aryl methyl sites for hydroxylation is 2. The molecule has 1 amide bonds. The monoisotopic (exact) mass is 253 g/mol. The third-order valence-corrected chi connectivity index (χ3v) is 1.86. The molecule has 4 nitrogen and oxygen atoms in total. The Morgan fingerprint density at radius 1 is 1.00 bits per heavy atom. The summed E-state index contributed by atoms with van der Waals surface area (Å²) in [7, 11) is 2.95. The maximum atomic E-state index is 9.70. The van der Waals surface area contributed by atoms with Crippen LogP contribution in [0.2, 0.25) is 0 Å². The number of amides is 1. The second-order valence-electron chi connectivity index (χ2n) is 3.66. The lowest BCUT2D eigenvalue weighted by Gasteiger charge is -1.90. The van der Waals surface area contributed by atoms with Gasteiger partial charge in [-0.2, -0.15) is 0 Å². The molecule has 0 atom stereocenters. The summed E-state index contributed by atoms with van der Waals surface area (Å²) >= 11 is 0. The first-order chi connectivity index (χ1) is 8.33. The van der Waals surface area contributed by atoms with Crippen LogP contribution in [0, 0.1) is 13.8 Å². The SMILES string of the molecule is CNC(C)=O.COC(C)=O.Cc1ccc(C)cc1. The number of ether oxygens (including phenoxy) is 1. The third kappa shape index (κ3) is 16.6. The van der Waals surface area contributed by atoms with Gasteiger partial charge in [-0.05, 0) is 13.8 Å². The summed E-state index contributed by atoms with van der Waals surface area (Å²) in [5.41, 5.74) is 2.66. The minimum Gasteiger partial charge on any atom is -0.469 e. The van der Waals surface area contributed by atoms with E-state index in [1.54, 1.807) is 7.05 Å². The Morgan fingerprint density at radius 3 is 1.33 bits per heavy atom. The Kier molecular flexibility index (Phi) is 12.0.